The Morgan fingerprint density at radius 2 is 1.80 bits per heavy atom. The summed E-state index contributed by atoms with van der Waals surface area (Å²) in [5.74, 6) is 0. The van der Waals surface area contributed by atoms with E-state index in [9.17, 15) is 5.11 Å². The van der Waals surface area contributed by atoms with Crippen molar-refractivity contribution in [3.63, 3.8) is 0 Å². The molecule has 2 saturated heterocycles. The number of ether oxygens (including phenoxy) is 4. The summed E-state index contributed by atoms with van der Waals surface area (Å²) in [5, 5.41) is 10.6. The fraction of sp³-hybridized carbons (Fsp3) is 0.414. The van der Waals surface area contributed by atoms with Crippen molar-refractivity contribution in [2.75, 3.05) is 19.8 Å². The minimum atomic E-state index is -1.27. The Hall–Kier alpha value is -2.38. The van der Waals surface area contributed by atoms with E-state index in [0.717, 1.165) is 27.3 Å². The Morgan fingerprint density at radius 1 is 1.05 bits per heavy atom. The third kappa shape index (κ3) is 6.22. The highest BCUT2D eigenvalue weighted by Crippen LogP contribution is 2.34. The van der Waals surface area contributed by atoms with Gasteiger partial charge in [-0.3, -0.25) is 9.55 Å². The minimum absolute atomic E-state index is 0.225. The van der Waals surface area contributed by atoms with Crippen LogP contribution in [0.4, 0.5) is 0 Å². The van der Waals surface area contributed by atoms with Crippen LogP contribution in [0.2, 0.25) is 30.7 Å². The summed E-state index contributed by atoms with van der Waals surface area (Å²) in [6.45, 7) is 8.33. The number of hydrogen-bond donors (Lipinski definition) is 1. The number of hydrogen-bond acceptors (Lipinski definition) is 8. The predicted molar refractivity (Wildman–Crippen MR) is 163 cm³/mol. The number of benzene rings is 1. The Bertz CT molecular complexity index is 1550. The van der Waals surface area contributed by atoms with E-state index in [0.29, 0.717) is 41.1 Å². The molecule has 9 nitrogen and oxygen atoms in total. The molecule has 12 heteroatoms. The van der Waals surface area contributed by atoms with Gasteiger partial charge in [0.2, 0.25) is 0 Å². The van der Waals surface area contributed by atoms with Gasteiger partial charge in [0.15, 0.2) is 11.8 Å². The molecule has 1 N–H and O–H groups in total. The lowest BCUT2D eigenvalue weighted by Gasteiger charge is -2.19. The van der Waals surface area contributed by atoms with E-state index in [-0.39, 0.29) is 19.4 Å². The van der Waals surface area contributed by atoms with E-state index in [1.54, 1.807) is 12.3 Å². The second kappa shape index (κ2) is 11.7. The maximum absolute atomic E-state index is 10.2. The van der Waals surface area contributed by atoms with Crippen molar-refractivity contribution >= 4 is 46.8 Å². The molecule has 0 saturated carbocycles. The molecule has 216 valence electrons. The molecule has 2 aliphatic heterocycles. The number of aliphatic hydroxyl groups excluding tert-OH is 1. The maximum Gasteiger partial charge on any atom is 0.301 e. The van der Waals surface area contributed by atoms with E-state index in [1.807, 2.05) is 41.0 Å². The van der Waals surface area contributed by atoms with E-state index in [2.05, 4.69) is 40.6 Å². The van der Waals surface area contributed by atoms with Crippen molar-refractivity contribution in [2.45, 2.75) is 56.8 Å². The molecule has 1 aromatic carbocycles. The van der Waals surface area contributed by atoms with Gasteiger partial charge in [-0.1, -0.05) is 71.4 Å². The van der Waals surface area contributed by atoms with Crippen LogP contribution in [0, 0.1) is 0 Å². The topological polar surface area (TPSA) is 101 Å². The predicted octanol–water partition coefficient (Wildman–Crippen LogP) is 5.79. The zero-order valence-corrected chi connectivity index (χ0v) is 26.4. The third-order valence-corrected chi connectivity index (χ3v) is 9.76. The molecule has 0 aliphatic carbocycles. The molecule has 2 aliphatic rings. The molecule has 2 fully saturated rings. The maximum atomic E-state index is 10.2. The van der Waals surface area contributed by atoms with Crippen LogP contribution in [0.1, 0.15) is 0 Å². The van der Waals surface area contributed by atoms with Crippen molar-refractivity contribution in [1.29, 1.82) is 0 Å². The Labute approximate surface area is 252 Å². The lowest BCUT2D eigenvalue weighted by atomic mass is 10.1. The summed E-state index contributed by atoms with van der Waals surface area (Å²) in [6.07, 6.45) is -0.0724. The number of aliphatic hydroxyl groups is 1. The molecule has 0 amide bonds. The van der Waals surface area contributed by atoms with E-state index in [4.69, 9.17) is 40.5 Å². The van der Waals surface area contributed by atoms with E-state index < -0.39 is 26.4 Å². The van der Waals surface area contributed by atoms with Gasteiger partial charge < -0.3 is 24.1 Å². The number of nitrogens with zero attached hydrogens (tertiary/aromatic N) is 4. The van der Waals surface area contributed by atoms with E-state index in [1.165, 1.54) is 0 Å². The van der Waals surface area contributed by atoms with Gasteiger partial charge in [-0.25, -0.2) is 4.98 Å². The molecule has 0 bridgehead atoms. The summed E-state index contributed by atoms with van der Waals surface area (Å²) >= 11 is 10.3. The molecular formula is C29H32BrClN4O5Si. The number of halogens is 2. The quantitative estimate of drug-likeness (QED) is 0.178. The molecule has 4 atom stereocenters. The third-order valence-electron chi connectivity index (χ3n) is 7.27. The standard InChI is InChI=1S/C29H32BrClN4O5Si/c1-41(2,3)11-10-37-16-35-28-22(33-29(35)40-24-15-39-26-23(36)14-38-27(24)26)13-20(31)25(34-28)18-6-4-17(5-7-18)21-12-19(30)8-9-32-21/h4-9,12-13,23-24,26-27,36H,10-11,14-16H2,1-3H3. The fourth-order valence-corrected chi connectivity index (χ4v) is 6.34. The average Bonchev–Trinajstić information content (AvgIpc) is 3.61. The first-order valence-corrected chi connectivity index (χ1v) is 18.5. The highest BCUT2D eigenvalue weighted by atomic mass is 79.9. The van der Waals surface area contributed by atoms with Crippen LogP contribution >= 0.6 is 27.5 Å². The normalized spacial score (nSPS) is 22.4. The highest BCUT2D eigenvalue weighted by Gasteiger charge is 2.49. The Kier molecular flexibility index (Phi) is 8.21. The zero-order chi connectivity index (χ0) is 28.7. The second-order valence-corrected chi connectivity index (χ2v) is 18.5. The fourth-order valence-electron chi connectivity index (χ4n) is 4.99. The van der Waals surface area contributed by atoms with Crippen molar-refractivity contribution in [2.24, 2.45) is 0 Å². The van der Waals surface area contributed by atoms with Gasteiger partial charge in [0.05, 0.1) is 29.6 Å². The average molecular weight is 660 g/mol. The lowest BCUT2D eigenvalue weighted by molar-refractivity contribution is 0.00336. The summed E-state index contributed by atoms with van der Waals surface area (Å²) in [6, 6.07) is 15.0. The molecule has 3 aromatic heterocycles. The van der Waals surface area contributed by atoms with Crippen molar-refractivity contribution < 1.29 is 24.1 Å². The molecule has 0 spiro atoms. The van der Waals surface area contributed by atoms with Crippen molar-refractivity contribution in [3.8, 4) is 28.5 Å². The van der Waals surface area contributed by atoms with Gasteiger partial charge in [0.25, 0.3) is 0 Å². The zero-order valence-electron chi connectivity index (χ0n) is 23.1. The summed E-state index contributed by atoms with van der Waals surface area (Å²) in [5.41, 5.74) is 4.56. The van der Waals surface area contributed by atoms with Crippen LogP contribution in [0.5, 0.6) is 6.01 Å². The summed E-state index contributed by atoms with van der Waals surface area (Å²) < 4.78 is 26.8. The smallest absolute Gasteiger partial charge is 0.301 e. The largest absolute Gasteiger partial charge is 0.456 e. The van der Waals surface area contributed by atoms with Gasteiger partial charge in [-0.15, -0.1) is 0 Å². The number of fused-ring (bicyclic) bond motifs is 2. The first-order chi connectivity index (χ1) is 19.7. The van der Waals surface area contributed by atoms with Crippen molar-refractivity contribution in [3.05, 3.63) is 58.2 Å². The van der Waals surface area contributed by atoms with E-state index >= 15 is 0 Å². The van der Waals surface area contributed by atoms with Crippen LogP contribution in [0.3, 0.4) is 0 Å². The molecular weight excluding hydrogens is 628 g/mol. The lowest BCUT2D eigenvalue weighted by Crippen LogP contribution is -2.35. The molecule has 6 rings (SSSR count). The van der Waals surface area contributed by atoms with Gasteiger partial charge >= 0.3 is 6.01 Å². The van der Waals surface area contributed by atoms with Crippen LogP contribution in [0.15, 0.2) is 53.1 Å². The number of pyridine rings is 2. The molecule has 41 heavy (non-hydrogen) atoms. The number of imidazole rings is 1. The number of aromatic nitrogens is 4. The van der Waals surface area contributed by atoms with Crippen LogP contribution in [-0.2, 0) is 20.9 Å². The van der Waals surface area contributed by atoms with Gasteiger partial charge in [0, 0.05) is 36.5 Å². The first kappa shape index (κ1) is 28.7. The monoisotopic (exact) mass is 658 g/mol. The molecule has 4 aromatic rings. The summed E-state index contributed by atoms with van der Waals surface area (Å²) in [7, 11) is -1.27. The van der Waals surface area contributed by atoms with Crippen LogP contribution in [-0.4, -0.2) is 76.9 Å². The second-order valence-electron chi connectivity index (χ2n) is 11.6. The van der Waals surface area contributed by atoms with Crippen LogP contribution in [0.25, 0.3) is 33.7 Å². The summed E-state index contributed by atoms with van der Waals surface area (Å²) in [4.78, 5) is 14.1. The molecule has 5 heterocycles. The Balaban J connectivity index is 1.32. The van der Waals surface area contributed by atoms with Gasteiger partial charge in [-0.2, -0.15) is 4.98 Å². The number of rotatable bonds is 9. The van der Waals surface area contributed by atoms with Crippen LogP contribution < -0.4 is 4.74 Å². The molecule has 0 radical (unpaired) electrons. The SMILES string of the molecule is C[Si](C)(C)CCOCn1c(OC2COC3C(O)COC23)nc2cc(Cl)c(-c3ccc(-c4cc(Br)ccn4)cc3)nc21. The van der Waals surface area contributed by atoms with Gasteiger partial charge in [0.1, 0.15) is 30.6 Å². The highest BCUT2D eigenvalue weighted by molar-refractivity contribution is 9.10. The molecule has 4 unspecified atom stereocenters. The first-order valence-electron chi connectivity index (χ1n) is 13.6. The Morgan fingerprint density at radius 3 is 2.56 bits per heavy atom. The van der Waals surface area contributed by atoms with Gasteiger partial charge in [-0.05, 0) is 24.2 Å². The minimum Gasteiger partial charge on any atom is -0.456 e. The van der Waals surface area contributed by atoms with Crippen molar-refractivity contribution in [1.82, 2.24) is 19.5 Å².